The summed E-state index contributed by atoms with van der Waals surface area (Å²) in [4.78, 5) is 33.7. The summed E-state index contributed by atoms with van der Waals surface area (Å²) in [5.74, 6) is -2.14. The summed E-state index contributed by atoms with van der Waals surface area (Å²) >= 11 is 0. The highest BCUT2D eigenvalue weighted by atomic mass is 32.2. The summed E-state index contributed by atoms with van der Waals surface area (Å²) in [6, 6.07) is -0.762. The molecule has 1 saturated heterocycles. The predicted octanol–water partition coefficient (Wildman–Crippen LogP) is -0.110. The number of carboxylic acid groups (broad SMARTS) is 1. The van der Waals surface area contributed by atoms with Gasteiger partial charge in [0.15, 0.2) is 9.84 Å². The molecule has 2 atom stereocenters. The Morgan fingerprint density at radius 1 is 1.29 bits per heavy atom. The molecule has 0 aliphatic carbocycles. The molecule has 0 aromatic rings. The molecular formula is C12H20N2O6S. The van der Waals surface area contributed by atoms with Gasteiger partial charge in [0.2, 0.25) is 5.91 Å². The molecule has 1 heterocycles. The second-order valence-electron chi connectivity index (χ2n) is 5.81. The van der Waals surface area contributed by atoms with Crippen LogP contribution in [0.4, 0.5) is 4.79 Å². The number of carboxylic acids is 1. The summed E-state index contributed by atoms with van der Waals surface area (Å²) in [5, 5.41) is 13.2. The van der Waals surface area contributed by atoms with Gasteiger partial charge in [-0.05, 0) is 19.3 Å². The second-order valence-corrected chi connectivity index (χ2v) is 8.00. The van der Waals surface area contributed by atoms with Crippen molar-refractivity contribution >= 4 is 27.7 Å². The van der Waals surface area contributed by atoms with Gasteiger partial charge in [0.1, 0.15) is 0 Å². The number of sulfone groups is 1. The van der Waals surface area contributed by atoms with Crippen molar-refractivity contribution in [2.45, 2.75) is 38.6 Å². The number of aliphatic carboxylic acids is 1. The van der Waals surface area contributed by atoms with E-state index in [0.29, 0.717) is 6.42 Å². The molecule has 3 N–H and O–H groups in total. The molecule has 9 heteroatoms. The first-order chi connectivity index (χ1) is 9.51. The molecule has 0 aromatic heterocycles. The highest BCUT2D eigenvalue weighted by Crippen LogP contribution is 2.22. The fourth-order valence-electron chi connectivity index (χ4n) is 2.28. The zero-order valence-corrected chi connectivity index (χ0v) is 12.8. The molecule has 1 fully saturated rings. The number of hydrogen-bond acceptors (Lipinski definition) is 5. The summed E-state index contributed by atoms with van der Waals surface area (Å²) in [7, 11) is -3.15. The van der Waals surface area contributed by atoms with Crippen molar-refractivity contribution in [2.24, 2.45) is 5.92 Å². The normalized spacial score (nSPS) is 25.0. The van der Waals surface area contributed by atoms with Crippen LogP contribution in [0.2, 0.25) is 0 Å². The molecule has 3 amide bonds. The lowest BCUT2D eigenvalue weighted by Gasteiger charge is -2.23. The zero-order chi connectivity index (χ0) is 16.3. The summed E-state index contributed by atoms with van der Waals surface area (Å²) in [6.07, 6.45) is 0.0477. The number of carbonyl (C=O) groups is 3. The summed E-state index contributed by atoms with van der Waals surface area (Å²) in [5.41, 5.74) is -0.879. The van der Waals surface area contributed by atoms with E-state index in [-0.39, 0.29) is 24.3 Å². The lowest BCUT2D eigenvalue weighted by molar-refractivity contribution is -0.138. The average molecular weight is 320 g/mol. The quantitative estimate of drug-likeness (QED) is 0.648. The van der Waals surface area contributed by atoms with E-state index < -0.39 is 39.2 Å². The number of nitrogens with one attached hydrogen (secondary N) is 2. The first kappa shape index (κ1) is 17.4. The lowest BCUT2D eigenvalue weighted by Crippen LogP contribution is -2.52. The van der Waals surface area contributed by atoms with Gasteiger partial charge in [0, 0.05) is 12.8 Å². The van der Waals surface area contributed by atoms with Gasteiger partial charge >= 0.3 is 12.0 Å². The van der Waals surface area contributed by atoms with Crippen LogP contribution in [0.5, 0.6) is 0 Å². The standard InChI is InChI=1S/C12H20N2O6S/c1-8(6-10(16)17)5-9(15)13-11(18)14-12(2)3-4-21(19,20)7-12/h8H,3-7H2,1-2H3,(H,16,17)(H2,13,14,15,18). The van der Waals surface area contributed by atoms with E-state index in [2.05, 4.69) is 10.6 Å². The molecular weight excluding hydrogens is 300 g/mol. The molecule has 0 bridgehead atoms. The third kappa shape index (κ3) is 6.11. The molecule has 1 aliphatic heterocycles. The minimum absolute atomic E-state index is 0.00731. The first-order valence-electron chi connectivity index (χ1n) is 6.55. The van der Waals surface area contributed by atoms with E-state index in [1.54, 1.807) is 13.8 Å². The molecule has 0 radical (unpaired) electrons. The van der Waals surface area contributed by atoms with Crippen LogP contribution in [0.25, 0.3) is 0 Å². The smallest absolute Gasteiger partial charge is 0.321 e. The van der Waals surface area contributed by atoms with Crippen LogP contribution in [0.3, 0.4) is 0 Å². The predicted molar refractivity (Wildman–Crippen MR) is 74.4 cm³/mol. The number of rotatable bonds is 5. The molecule has 8 nitrogen and oxygen atoms in total. The molecule has 21 heavy (non-hydrogen) atoms. The van der Waals surface area contributed by atoms with Crippen LogP contribution in [0, 0.1) is 5.92 Å². The van der Waals surface area contributed by atoms with Crippen molar-refractivity contribution in [1.82, 2.24) is 10.6 Å². The fourth-order valence-corrected chi connectivity index (χ4v) is 4.37. The Kier molecular flexibility index (Phi) is 5.32. The SMILES string of the molecule is CC(CC(=O)O)CC(=O)NC(=O)NC1(C)CCS(=O)(=O)C1. The van der Waals surface area contributed by atoms with Gasteiger partial charge in [-0.25, -0.2) is 13.2 Å². The van der Waals surface area contributed by atoms with E-state index in [0.717, 1.165) is 0 Å². The van der Waals surface area contributed by atoms with Gasteiger partial charge in [-0.2, -0.15) is 0 Å². The monoisotopic (exact) mass is 320 g/mol. The number of hydrogen-bond donors (Lipinski definition) is 3. The van der Waals surface area contributed by atoms with Crippen LogP contribution in [0.15, 0.2) is 0 Å². The van der Waals surface area contributed by atoms with E-state index >= 15 is 0 Å². The molecule has 0 aromatic carbocycles. The van der Waals surface area contributed by atoms with Crippen molar-refractivity contribution in [1.29, 1.82) is 0 Å². The number of amides is 3. The Labute approximate surface area is 123 Å². The van der Waals surface area contributed by atoms with Gasteiger partial charge in [-0.3, -0.25) is 14.9 Å². The lowest BCUT2D eigenvalue weighted by atomic mass is 10.0. The maximum absolute atomic E-state index is 11.7. The highest BCUT2D eigenvalue weighted by molar-refractivity contribution is 7.91. The second kappa shape index (κ2) is 6.42. The third-order valence-electron chi connectivity index (χ3n) is 3.23. The number of carbonyl (C=O) groups excluding carboxylic acids is 2. The summed E-state index contributed by atoms with van der Waals surface area (Å²) < 4.78 is 22.8. The average Bonchev–Trinajstić information content (AvgIpc) is 2.49. The van der Waals surface area contributed by atoms with Crippen molar-refractivity contribution in [3.8, 4) is 0 Å². The van der Waals surface area contributed by atoms with Gasteiger partial charge in [-0.1, -0.05) is 6.92 Å². The van der Waals surface area contributed by atoms with E-state index in [9.17, 15) is 22.8 Å². The minimum Gasteiger partial charge on any atom is -0.481 e. The van der Waals surface area contributed by atoms with Gasteiger partial charge in [0.05, 0.1) is 17.0 Å². The van der Waals surface area contributed by atoms with E-state index in [4.69, 9.17) is 5.11 Å². The molecule has 1 rings (SSSR count). The van der Waals surface area contributed by atoms with E-state index in [1.165, 1.54) is 0 Å². The largest absolute Gasteiger partial charge is 0.481 e. The van der Waals surface area contributed by atoms with Gasteiger partial charge in [0.25, 0.3) is 0 Å². The van der Waals surface area contributed by atoms with Crippen molar-refractivity contribution in [2.75, 3.05) is 11.5 Å². The fraction of sp³-hybridized carbons (Fsp3) is 0.750. The maximum Gasteiger partial charge on any atom is 0.321 e. The number of imide groups is 1. The van der Waals surface area contributed by atoms with Crippen LogP contribution < -0.4 is 10.6 Å². The third-order valence-corrected chi connectivity index (χ3v) is 5.13. The molecule has 120 valence electrons. The highest BCUT2D eigenvalue weighted by Gasteiger charge is 2.39. The Hall–Kier alpha value is -1.64. The Bertz CT molecular complexity index is 544. The van der Waals surface area contributed by atoms with E-state index in [1.807, 2.05) is 0 Å². The van der Waals surface area contributed by atoms with Crippen molar-refractivity contribution in [3.63, 3.8) is 0 Å². The first-order valence-corrected chi connectivity index (χ1v) is 8.38. The molecule has 0 saturated carbocycles. The molecule has 2 unspecified atom stereocenters. The number of urea groups is 1. The Balaban J connectivity index is 2.43. The van der Waals surface area contributed by atoms with Crippen molar-refractivity contribution in [3.05, 3.63) is 0 Å². The molecule has 1 aliphatic rings. The summed E-state index contributed by atoms with van der Waals surface area (Å²) in [6.45, 7) is 3.20. The topological polar surface area (TPSA) is 130 Å². The van der Waals surface area contributed by atoms with Crippen LogP contribution in [-0.2, 0) is 19.4 Å². The maximum atomic E-state index is 11.7. The van der Waals surface area contributed by atoms with Gasteiger partial charge < -0.3 is 10.4 Å². The minimum atomic E-state index is -3.15. The Morgan fingerprint density at radius 3 is 2.38 bits per heavy atom. The molecule has 0 spiro atoms. The van der Waals surface area contributed by atoms with Crippen LogP contribution in [-0.4, -0.2) is 48.5 Å². The zero-order valence-electron chi connectivity index (χ0n) is 12.0. The van der Waals surface area contributed by atoms with Crippen LogP contribution in [0.1, 0.15) is 33.1 Å². The Morgan fingerprint density at radius 2 is 1.90 bits per heavy atom. The van der Waals surface area contributed by atoms with Crippen LogP contribution >= 0.6 is 0 Å². The van der Waals surface area contributed by atoms with Crippen molar-refractivity contribution < 1.29 is 27.9 Å². The van der Waals surface area contributed by atoms with Gasteiger partial charge in [-0.15, -0.1) is 0 Å².